The van der Waals surface area contributed by atoms with Crippen molar-refractivity contribution >= 4 is 21.6 Å². The number of benzene rings is 1. The molecule has 0 radical (unpaired) electrons. The van der Waals surface area contributed by atoms with Crippen molar-refractivity contribution in [2.75, 3.05) is 25.8 Å². The molecule has 5 nitrogen and oxygen atoms in total. The second kappa shape index (κ2) is 4.80. The third kappa shape index (κ3) is 2.17. The molecule has 0 spiro atoms. The molecule has 0 bridgehead atoms. The summed E-state index contributed by atoms with van der Waals surface area (Å²) in [5.41, 5.74) is 2.10. The first-order valence-electron chi connectivity index (χ1n) is 4.89. The Kier molecular flexibility index (Phi) is 3.40. The summed E-state index contributed by atoms with van der Waals surface area (Å²) in [7, 11) is 3.57. The summed E-state index contributed by atoms with van der Waals surface area (Å²) in [4.78, 5) is 0. The van der Waals surface area contributed by atoms with Gasteiger partial charge in [-0.2, -0.15) is 0 Å². The number of hydrogen-bond donors (Lipinski definition) is 0. The average molecular weight is 285 g/mol. The lowest BCUT2D eigenvalue weighted by atomic mass is 10.2. The van der Waals surface area contributed by atoms with Crippen LogP contribution < -0.4 is 5.01 Å². The number of anilines is 1. The smallest absolute Gasteiger partial charge is 0.132 e. The van der Waals surface area contributed by atoms with Crippen LogP contribution in [0, 0.1) is 0 Å². The Labute approximate surface area is 103 Å². The van der Waals surface area contributed by atoms with Gasteiger partial charge >= 0.3 is 0 Å². The Morgan fingerprint density at radius 2 is 2.25 bits per heavy atom. The van der Waals surface area contributed by atoms with Gasteiger partial charge in [0.25, 0.3) is 0 Å². The lowest BCUT2D eigenvalue weighted by Gasteiger charge is -2.18. The highest BCUT2D eigenvalue weighted by molar-refractivity contribution is 9.10. The van der Waals surface area contributed by atoms with Crippen LogP contribution in [0.3, 0.4) is 0 Å². The molecule has 0 fully saturated rings. The van der Waals surface area contributed by atoms with Crippen LogP contribution in [-0.2, 0) is 11.3 Å². The van der Waals surface area contributed by atoms with Crippen LogP contribution in [0.2, 0.25) is 0 Å². The fourth-order valence-electron chi connectivity index (χ4n) is 1.57. The third-order valence-corrected chi connectivity index (χ3v) is 3.04. The molecule has 0 atom stereocenters. The molecule has 1 aliphatic heterocycles. The number of nitrogens with zero attached hydrogens (tertiary/aromatic N) is 4. The Morgan fingerprint density at radius 3 is 2.88 bits per heavy atom. The van der Waals surface area contributed by atoms with E-state index in [1.807, 2.05) is 30.3 Å². The normalized spacial score (nSPS) is 14.9. The van der Waals surface area contributed by atoms with Crippen molar-refractivity contribution in [1.29, 1.82) is 0 Å². The minimum Gasteiger partial charge on any atom is -0.380 e. The maximum atomic E-state index is 5.19. The lowest BCUT2D eigenvalue weighted by Crippen LogP contribution is -2.22. The van der Waals surface area contributed by atoms with E-state index < -0.39 is 0 Å². The van der Waals surface area contributed by atoms with Gasteiger partial charge in [-0.1, -0.05) is 27.2 Å². The van der Waals surface area contributed by atoms with Gasteiger partial charge in [0, 0.05) is 24.2 Å². The zero-order valence-electron chi connectivity index (χ0n) is 9.22. The summed E-state index contributed by atoms with van der Waals surface area (Å²) < 4.78 is 6.22. The molecule has 0 unspecified atom stereocenters. The molecule has 1 aliphatic rings. The second-order valence-corrected chi connectivity index (χ2v) is 4.40. The topological polar surface area (TPSA) is 40.4 Å². The summed E-state index contributed by atoms with van der Waals surface area (Å²) in [5.74, 6) is 0. The summed E-state index contributed by atoms with van der Waals surface area (Å²) in [6, 6.07) is 5.98. The van der Waals surface area contributed by atoms with Gasteiger partial charge in [0.05, 0.1) is 12.3 Å². The van der Waals surface area contributed by atoms with Crippen molar-refractivity contribution in [2.24, 2.45) is 10.4 Å². The summed E-state index contributed by atoms with van der Waals surface area (Å²) >= 11 is 3.52. The molecule has 1 aromatic rings. The standard InChI is InChI=1S/C10H13BrN4O/c1-14-7-15(13-12-14)10-5-3-4-9(11)8(10)6-16-2/h3-5H,6-7H2,1-2H3. The van der Waals surface area contributed by atoms with Gasteiger partial charge < -0.3 is 4.74 Å². The van der Waals surface area contributed by atoms with Crippen molar-refractivity contribution in [3.8, 4) is 0 Å². The molecule has 0 saturated heterocycles. The highest BCUT2D eigenvalue weighted by atomic mass is 79.9. The fraction of sp³-hybridized carbons (Fsp3) is 0.400. The molecule has 0 aromatic heterocycles. The first kappa shape index (κ1) is 11.3. The Bertz CT molecular complexity index is 410. The molecule has 0 saturated carbocycles. The molecular weight excluding hydrogens is 272 g/mol. The molecule has 0 N–H and O–H groups in total. The van der Waals surface area contributed by atoms with E-state index in [9.17, 15) is 0 Å². The Balaban J connectivity index is 2.33. The first-order chi connectivity index (χ1) is 7.72. The maximum absolute atomic E-state index is 5.19. The molecule has 2 rings (SSSR count). The van der Waals surface area contributed by atoms with Gasteiger partial charge in [0.1, 0.15) is 6.67 Å². The highest BCUT2D eigenvalue weighted by Crippen LogP contribution is 2.30. The number of hydrogen-bond acceptors (Lipinski definition) is 5. The zero-order chi connectivity index (χ0) is 11.5. The van der Waals surface area contributed by atoms with Gasteiger partial charge in [0.15, 0.2) is 0 Å². The Morgan fingerprint density at radius 1 is 1.44 bits per heavy atom. The van der Waals surface area contributed by atoms with E-state index in [2.05, 4.69) is 26.4 Å². The van der Waals surface area contributed by atoms with Crippen LogP contribution in [0.25, 0.3) is 0 Å². The van der Waals surface area contributed by atoms with Crippen molar-refractivity contribution in [1.82, 2.24) is 5.01 Å². The quantitative estimate of drug-likeness (QED) is 0.857. The minimum atomic E-state index is 0.548. The van der Waals surface area contributed by atoms with Crippen molar-refractivity contribution in [3.63, 3.8) is 0 Å². The zero-order valence-corrected chi connectivity index (χ0v) is 10.8. The van der Waals surface area contributed by atoms with Crippen LogP contribution >= 0.6 is 15.9 Å². The van der Waals surface area contributed by atoms with Crippen LogP contribution in [0.4, 0.5) is 5.69 Å². The largest absolute Gasteiger partial charge is 0.380 e. The second-order valence-electron chi connectivity index (χ2n) is 3.55. The summed E-state index contributed by atoms with van der Waals surface area (Å²) in [6.07, 6.45) is 0. The molecule has 0 amide bonds. The molecule has 1 heterocycles. The van der Waals surface area contributed by atoms with Crippen molar-refractivity contribution in [3.05, 3.63) is 28.2 Å². The predicted octanol–water partition coefficient (Wildman–Crippen LogP) is 2.59. The summed E-state index contributed by atoms with van der Waals surface area (Å²) in [5, 5.41) is 11.7. The van der Waals surface area contributed by atoms with E-state index in [-0.39, 0.29) is 0 Å². The van der Waals surface area contributed by atoms with Crippen molar-refractivity contribution < 1.29 is 4.74 Å². The van der Waals surface area contributed by atoms with E-state index in [1.165, 1.54) is 0 Å². The van der Waals surface area contributed by atoms with E-state index in [0.29, 0.717) is 13.3 Å². The highest BCUT2D eigenvalue weighted by Gasteiger charge is 2.18. The summed E-state index contributed by atoms with van der Waals surface area (Å²) in [6.45, 7) is 1.21. The van der Waals surface area contributed by atoms with Gasteiger partial charge in [-0.3, -0.25) is 5.01 Å². The van der Waals surface area contributed by atoms with Crippen LogP contribution in [0.15, 0.2) is 33.1 Å². The fourth-order valence-corrected chi connectivity index (χ4v) is 2.04. The van der Waals surface area contributed by atoms with E-state index in [4.69, 9.17) is 4.74 Å². The van der Waals surface area contributed by atoms with Crippen LogP contribution in [-0.4, -0.2) is 25.8 Å². The molecule has 1 aromatic carbocycles. The van der Waals surface area contributed by atoms with E-state index in [0.717, 1.165) is 15.7 Å². The minimum absolute atomic E-state index is 0.548. The SMILES string of the molecule is COCc1c(Br)cccc1N1CN(C)N=N1. The lowest BCUT2D eigenvalue weighted by molar-refractivity contribution is 0.184. The maximum Gasteiger partial charge on any atom is 0.132 e. The van der Waals surface area contributed by atoms with Crippen LogP contribution in [0.5, 0.6) is 0 Å². The monoisotopic (exact) mass is 284 g/mol. The van der Waals surface area contributed by atoms with Crippen molar-refractivity contribution in [2.45, 2.75) is 6.61 Å². The number of ether oxygens (including phenoxy) is 1. The average Bonchev–Trinajstić information content (AvgIpc) is 2.68. The molecule has 86 valence electrons. The van der Waals surface area contributed by atoms with Gasteiger partial charge in [-0.15, -0.1) is 0 Å². The van der Waals surface area contributed by atoms with Crippen LogP contribution in [0.1, 0.15) is 5.56 Å². The first-order valence-corrected chi connectivity index (χ1v) is 5.68. The molecular formula is C10H13BrN4O. The molecule has 16 heavy (non-hydrogen) atoms. The van der Waals surface area contributed by atoms with E-state index in [1.54, 1.807) is 12.1 Å². The number of rotatable bonds is 3. The Hall–Kier alpha value is -1.14. The number of methoxy groups -OCH3 is 1. The third-order valence-electron chi connectivity index (χ3n) is 2.30. The number of halogens is 1. The van der Waals surface area contributed by atoms with Gasteiger partial charge in [-0.05, 0) is 17.4 Å². The van der Waals surface area contributed by atoms with E-state index >= 15 is 0 Å². The van der Waals surface area contributed by atoms with Gasteiger partial charge in [-0.25, -0.2) is 5.01 Å². The molecule has 6 heteroatoms. The predicted molar refractivity (Wildman–Crippen MR) is 64.8 cm³/mol. The molecule has 0 aliphatic carbocycles. The van der Waals surface area contributed by atoms with Gasteiger partial charge in [0.2, 0.25) is 0 Å².